The maximum Gasteiger partial charge on any atom is 0.393 e. The van der Waals surface area contributed by atoms with Crippen LogP contribution in [0.4, 0.5) is 22.0 Å². The lowest BCUT2D eigenvalue weighted by molar-refractivity contribution is -0.137. The van der Waals surface area contributed by atoms with E-state index < -0.39 is 30.2 Å². The number of hydrogen-bond donors (Lipinski definition) is 2. The summed E-state index contributed by atoms with van der Waals surface area (Å²) < 4.78 is 73.4. The van der Waals surface area contributed by atoms with E-state index in [1.165, 1.54) is 30.3 Å². The molecule has 10 heteroatoms. The van der Waals surface area contributed by atoms with Crippen LogP contribution in [0.15, 0.2) is 91.5 Å². The third-order valence-corrected chi connectivity index (χ3v) is 7.63. The summed E-state index contributed by atoms with van der Waals surface area (Å²) in [5.74, 6) is -1.84. The van der Waals surface area contributed by atoms with Crippen molar-refractivity contribution in [1.82, 2.24) is 4.90 Å². The quantitative estimate of drug-likeness (QED) is 0.0717. The number of halogens is 5. The molecule has 0 amide bonds. The molecule has 4 aromatic rings. The second kappa shape index (κ2) is 16.2. The Balaban J connectivity index is 1.50. The molecule has 2 N–H and O–H groups in total. The zero-order valence-corrected chi connectivity index (χ0v) is 25.7. The number of benzene rings is 4. The molecule has 0 aliphatic carbocycles. The molecule has 5 nitrogen and oxygen atoms in total. The van der Waals surface area contributed by atoms with Gasteiger partial charge in [-0.25, -0.2) is 8.78 Å². The molecule has 0 unspecified atom stereocenters. The Morgan fingerprint density at radius 2 is 1.49 bits per heavy atom. The topological polar surface area (TPSA) is 70.0 Å². The number of alkyl halides is 3. The van der Waals surface area contributed by atoms with Crippen molar-refractivity contribution in [1.29, 1.82) is 0 Å². The van der Waals surface area contributed by atoms with Gasteiger partial charge in [0, 0.05) is 36.7 Å². The van der Waals surface area contributed by atoms with Gasteiger partial charge in [-0.2, -0.15) is 13.2 Å². The first-order valence-electron chi connectivity index (χ1n) is 15.1. The second-order valence-electron chi connectivity index (χ2n) is 11.4. The number of ether oxygens (including phenoxy) is 1. The third-order valence-electron chi connectivity index (χ3n) is 7.63. The van der Waals surface area contributed by atoms with Gasteiger partial charge in [-0.05, 0) is 71.8 Å². The maximum atomic E-state index is 14.2. The van der Waals surface area contributed by atoms with E-state index >= 15 is 0 Å². The first-order valence-corrected chi connectivity index (χ1v) is 15.1. The van der Waals surface area contributed by atoms with Crippen molar-refractivity contribution >= 4 is 11.7 Å². The molecule has 0 fully saturated rings. The normalized spacial score (nSPS) is 11.5. The fourth-order valence-electron chi connectivity index (χ4n) is 5.20. The van der Waals surface area contributed by atoms with Gasteiger partial charge in [-0.3, -0.25) is 9.69 Å². The number of nitrogens with zero attached hydrogens (tertiary/aromatic N) is 1. The Morgan fingerprint density at radius 3 is 2.13 bits per heavy atom. The monoisotopic (exact) mass is 653 g/mol. The van der Waals surface area contributed by atoms with Gasteiger partial charge in [-0.1, -0.05) is 67.2 Å². The number of carbonyl (C=O) groups is 1. The number of carboxylic acids is 1. The highest BCUT2D eigenvalue weighted by molar-refractivity contribution is 5.66. The van der Waals surface area contributed by atoms with Gasteiger partial charge in [0.05, 0.1) is 6.42 Å². The van der Waals surface area contributed by atoms with Crippen LogP contribution < -0.4 is 4.74 Å². The maximum absolute atomic E-state index is 14.2. The number of aliphatic hydroxyl groups excluding tert-OH is 1. The summed E-state index contributed by atoms with van der Waals surface area (Å²) in [5.41, 5.74) is 3.79. The molecule has 0 aromatic heterocycles. The van der Waals surface area contributed by atoms with Crippen LogP contribution in [0, 0.1) is 11.6 Å². The van der Waals surface area contributed by atoms with E-state index in [4.69, 9.17) is 9.84 Å². The lowest BCUT2D eigenvalue weighted by Gasteiger charge is -2.23. The zero-order chi connectivity index (χ0) is 34.0. The number of aliphatic carboxylic acids is 1. The first-order chi connectivity index (χ1) is 22.4. The number of rotatable bonds is 16. The van der Waals surface area contributed by atoms with Crippen LogP contribution in [0.1, 0.15) is 47.1 Å². The van der Waals surface area contributed by atoms with E-state index in [0.717, 1.165) is 17.2 Å². The number of unbranched alkanes of at least 4 members (excludes halogenated alkanes) is 1. The largest absolute Gasteiger partial charge is 0.508 e. The number of carboxylic acid groups (broad SMARTS) is 1. The molecule has 4 aromatic carbocycles. The predicted octanol–water partition coefficient (Wildman–Crippen LogP) is 9.14. The molecule has 0 saturated heterocycles. The highest BCUT2D eigenvalue weighted by atomic mass is 19.4. The van der Waals surface area contributed by atoms with E-state index in [0.29, 0.717) is 61.3 Å². The van der Waals surface area contributed by atoms with E-state index in [1.54, 1.807) is 36.4 Å². The molecule has 0 atom stereocenters. The summed E-state index contributed by atoms with van der Waals surface area (Å²) in [6.07, 6.45) is -3.95. The van der Waals surface area contributed by atoms with Crippen LogP contribution in [-0.2, 0) is 30.8 Å². The van der Waals surface area contributed by atoms with Gasteiger partial charge in [-0.15, -0.1) is 0 Å². The summed E-state index contributed by atoms with van der Waals surface area (Å²) in [6, 6.07) is 21.9. The predicted molar refractivity (Wildman–Crippen MR) is 171 cm³/mol. The number of aliphatic hydroxyl groups is 1. The van der Waals surface area contributed by atoms with Crippen molar-refractivity contribution in [2.75, 3.05) is 13.1 Å². The van der Waals surface area contributed by atoms with E-state index in [2.05, 4.69) is 11.5 Å². The Morgan fingerprint density at radius 1 is 0.809 bits per heavy atom. The molecule has 0 saturated carbocycles. The highest BCUT2D eigenvalue weighted by Gasteiger charge is 2.28. The van der Waals surface area contributed by atoms with Gasteiger partial charge >= 0.3 is 12.1 Å². The Labute approximate surface area is 270 Å². The molecule has 0 bridgehead atoms. The molecule has 248 valence electrons. The van der Waals surface area contributed by atoms with Crippen molar-refractivity contribution in [3.8, 4) is 16.9 Å². The van der Waals surface area contributed by atoms with Gasteiger partial charge in [0.2, 0.25) is 0 Å². The van der Waals surface area contributed by atoms with Crippen LogP contribution in [0.25, 0.3) is 16.9 Å². The smallest absolute Gasteiger partial charge is 0.393 e. The van der Waals surface area contributed by atoms with Crippen LogP contribution >= 0.6 is 0 Å². The van der Waals surface area contributed by atoms with Crippen molar-refractivity contribution in [2.45, 2.75) is 51.4 Å². The molecule has 47 heavy (non-hydrogen) atoms. The summed E-state index contributed by atoms with van der Waals surface area (Å²) in [4.78, 5) is 13.1. The lowest BCUT2D eigenvalue weighted by Crippen LogP contribution is -2.27. The zero-order valence-electron chi connectivity index (χ0n) is 25.7. The summed E-state index contributed by atoms with van der Waals surface area (Å²) >= 11 is 0. The fraction of sp³-hybridized carbons (Fsp3) is 0.270. The average Bonchev–Trinajstić information content (AvgIpc) is 3.01. The van der Waals surface area contributed by atoms with Crippen molar-refractivity contribution in [3.05, 3.63) is 131 Å². The molecular formula is C37H36F5NO4. The highest BCUT2D eigenvalue weighted by Crippen LogP contribution is 2.28. The minimum absolute atomic E-state index is 0.0401. The van der Waals surface area contributed by atoms with Crippen molar-refractivity contribution < 1.29 is 41.7 Å². The van der Waals surface area contributed by atoms with Gasteiger partial charge in [0.15, 0.2) is 0 Å². The Kier molecular flexibility index (Phi) is 12.1. The molecule has 0 heterocycles. The van der Waals surface area contributed by atoms with Crippen LogP contribution in [-0.4, -0.2) is 40.3 Å². The Hall–Kier alpha value is -4.70. The SMILES string of the molecule is C=C(O)c1ccc(CN(CCCCC(=O)O)CCc2cc(CC(F)(F)F)ccc2OCc2ccc(-c3ccc(F)cc3F)cc2)cc1. The van der Waals surface area contributed by atoms with Gasteiger partial charge in [0.1, 0.15) is 29.8 Å². The molecule has 0 aliphatic rings. The second-order valence-corrected chi connectivity index (χ2v) is 11.4. The first kappa shape index (κ1) is 35.2. The van der Waals surface area contributed by atoms with Crippen LogP contribution in [0.5, 0.6) is 5.75 Å². The lowest BCUT2D eigenvalue weighted by atomic mass is 10.0. The molecule has 4 rings (SSSR count). The number of hydrogen-bond acceptors (Lipinski definition) is 4. The molecule has 0 radical (unpaired) electrons. The fourth-order valence-corrected chi connectivity index (χ4v) is 5.20. The van der Waals surface area contributed by atoms with Crippen molar-refractivity contribution in [2.24, 2.45) is 0 Å². The Bertz CT molecular complexity index is 1650. The van der Waals surface area contributed by atoms with Crippen LogP contribution in [0.2, 0.25) is 0 Å². The summed E-state index contributed by atoms with van der Waals surface area (Å²) in [7, 11) is 0. The molecule has 0 spiro atoms. The third kappa shape index (κ3) is 11.2. The molecular weight excluding hydrogens is 617 g/mol. The van der Waals surface area contributed by atoms with E-state index in [1.807, 2.05) is 12.1 Å². The minimum Gasteiger partial charge on any atom is -0.508 e. The summed E-state index contributed by atoms with van der Waals surface area (Å²) in [6.45, 7) is 5.18. The minimum atomic E-state index is -4.38. The van der Waals surface area contributed by atoms with E-state index in [9.17, 15) is 31.9 Å². The summed E-state index contributed by atoms with van der Waals surface area (Å²) in [5, 5.41) is 18.7. The van der Waals surface area contributed by atoms with Crippen LogP contribution in [0.3, 0.4) is 0 Å². The standard InChI is InChI=1S/C37H36F5NO4/c1-25(44)29-10-5-26(6-11-29)23-43(18-3-2-4-36(45)46)19-17-31-20-28(22-37(40,41)42)9-16-35(31)47-24-27-7-12-30(13-8-27)33-15-14-32(38)21-34(33)39/h5-16,20-21,44H,1-4,17-19,22-24H2,(H,45,46). The molecule has 0 aliphatic heterocycles. The average molecular weight is 654 g/mol. The van der Waals surface area contributed by atoms with E-state index in [-0.39, 0.29) is 29.9 Å². The van der Waals surface area contributed by atoms with Gasteiger partial charge in [0.25, 0.3) is 0 Å². The van der Waals surface area contributed by atoms with Crippen molar-refractivity contribution in [3.63, 3.8) is 0 Å². The van der Waals surface area contributed by atoms with Gasteiger partial charge < -0.3 is 14.9 Å².